The van der Waals surface area contributed by atoms with E-state index in [1.54, 1.807) is 0 Å². The first kappa shape index (κ1) is 12.9. The highest BCUT2D eigenvalue weighted by Gasteiger charge is 2.15. The standard InChI is InChI=1S/C9H17N3O4/c10-3-8(13)12-5-9(14)11-4-7-6-15-1-2-16-7/h7H,1-6,10H2,(H,11,14)(H,12,13). The summed E-state index contributed by atoms with van der Waals surface area (Å²) in [4.78, 5) is 22.0. The molecule has 1 heterocycles. The number of carbonyl (C=O) groups excluding carboxylic acids is 2. The number of ether oxygens (including phenoxy) is 2. The fourth-order valence-electron chi connectivity index (χ4n) is 1.20. The highest BCUT2D eigenvalue weighted by molar-refractivity contribution is 5.85. The molecule has 2 amide bonds. The molecule has 16 heavy (non-hydrogen) atoms. The minimum Gasteiger partial charge on any atom is -0.376 e. The van der Waals surface area contributed by atoms with Gasteiger partial charge >= 0.3 is 0 Å². The van der Waals surface area contributed by atoms with Gasteiger partial charge in [0.15, 0.2) is 0 Å². The van der Waals surface area contributed by atoms with Crippen molar-refractivity contribution in [1.29, 1.82) is 0 Å². The number of nitrogens with two attached hydrogens (primary N) is 1. The van der Waals surface area contributed by atoms with Crippen LogP contribution in [0.3, 0.4) is 0 Å². The van der Waals surface area contributed by atoms with E-state index in [4.69, 9.17) is 15.2 Å². The molecule has 1 rings (SSSR count). The number of carbonyl (C=O) groups is 2. The zero-order chi connectivity index (χ0) is 11.8. The Morgan fingerprint density at radius 1 is 1.25 bits per heavy atom. The molecule has 7 heteroatoms. The van der Waals surface area contributed by atoms with Gasteiger partial charge in [-0.25, -0.2) is 0 Å². The van der Waals surface area contributed by atoms with Crippen molar-refractivity contribution >= 4 is 11.8 Å². The van der Waals surface area contributed by atoms with Crippen molar-refractivity contribution in [1.82, 2.24) is 10.6 Å². The van der Waals surface area contributed by atoms with Crippen molar-refractivity contribution in [3.05, 3.63) is 0 Å². The average Bonchev–Trinajstić information content (AvgIpc) is 2.34. The first-order valence-electron chi connectivity index (χ1n) is 5.15. The van der Waals surface area contributed by atoms with Gasteiger partial charge in [0.25, 0.3) is 0 Å². The Hall–Kier alpha value is -1.18. The minimum atomic E-state index is -0.354. The van der Waals surface area contributed by atoms with E-state index >= 15 is 0 Å². The number of hydrogen-bond acceptors (Lipinski definition) is 5. The summed E-state index contributed by atoms with van der Waals surface area (Å²) in [7, 11) is 0. The Balaban J connectivity index is 2.07. The molecule has 0 radical (unpaired) electrons. The van der Waals surface area contributed by atoms with Crippen LogP contribution >= 0.6 is 0 Å². The SMILES string of the molecule is NCC(=O)NCC(=O)NCC1COCCO1. The summed E-state index contributed by atoms with van der Waals surface area (Å²) in [6.45, 7) is 1.82. The van der Waals surface area contributed by atoms with Crippen LogP contribution in [0.5, 0.6) is 0 Å². The van der Waals surface area contributed by atoms with E-state index in [1.165, 1.54) is 0 Å². The lowest BCUT2D eigenvalue weighted by molar-refractivity contribution is -0.126. The third-order valence-electron chi connectivity index (χ3n) is 2.04. The van der Waals surface area contributed by atoms with Crippen LogP contribution in [-0.4, -0.2) is 57.4 Å². The number of nitrogens with one attached hydrogen (secondary N) is 2. The summed E-state index contributed by atoms with van der Waals surface area (Å²) < 4.78 is 10.5. The summed E-state index contributed by atoms with van der Waals surface area (Å²) in [5.41, 5.74) is 5.07. The molecule has 0 saturated carbocycles. The lowest BCUT2D eigenvalue weighted by Crippen LogP contribution is -2.44. The molecule has 7 nitrogen and oxygen atoms in total. The second kappa shape index (κ2) is 7.15. The average molecular weight is 231 g/mol. The van der Waals surface area contributed by atoms with Crippen LogP contribution in [0, 0.1) is 0 Å². The fraction of sp³-hybridized carbons (Fsp3) is 0.778. The highest BCUT2D eigenvalue weighted by Crippen LogP contribution is 1.98. The summed E-state index contributed by atoms with van der Waals surface area (Å²) in [6, 6.07) is 0. The molecule has 92 valence electrons. The lowest BCUT2D eigenvalue weighted by atomic mass is 10.3. The second-order valence-electron chi connectivity index (χ2n) is 3.35. The Labute approximate surface area is 93.6 Å². The molecule has 0 aromatic rings. The van der Waals surface area contributed by atoms with Crippen LogP contribution in [0.1, 0.15) is 0 Å². The minimum absolute atomic E-state index is 0.0659. The Bertz CT molecular complexity index is 241. The summed E-state index contributed by atoms with van der Waals surface area (Å²) in [5.74, 6) is -0.622. The van der Waals surface area contributed by atoms with Crippen LogP contribution in [-0.2, 0) is 19.1 Å². The van der Waals surface area contributed by atoms with Gasteiger partial charge in [-0.05, 0) is 0 Å². The third kappa shape index (κ3) is 5.06. The molecule has 0 spiro atoms. The first-order valence-corrected chi connectivity index (χ1v) is 5.15. The van der Waals surface area contributed by atoms with E-state index in [9.17, 15) is 9.59 Å². The number of amides is 2. The molecule has 0 bridgehead atoms. The molecular weight excluding hydrogens is 214 g/mol. The van der Waals surface area contributed by atoms with Crippen molar-refractivity contribution in [2.75, 3.05) is 39.5 Å². The zero-order valence-electron chi connectivity index (χ0n) is 9.03. The van der Waals surface area contributed by atoms with Crippen LogP contribution in [0.4, 0.5) is 0 Å². The van der Waals surface area contributed by atoms with Gasteiger partial charge < -0.3 is 25.8 Å². The number of hydrogen-bond donors (Lipinski definition) is 3. The molecule has 1 aliphatic heterocycles. The van der Waals surface area contributed by atoms with Crippen molar-refractivity contribution in [3.8, 4) is 0 Å². The summed E-state index contributed by atoms with van der Waals surface area (Å²) in [6.07, 6.45) is -0.108. The third-order valence-corrected chi connectivity index (χ3v) is 2.04. The molecule has 1 unspecified atom stereocenters. The van der Waals surface area contributed by atoms with Crippen molar-refractivity contribution in [3.63, 3.8) is 0 Å². The summed E-state index contributed by atoms with van der Waals surface area (Å²) in [5, 5.41) is 5.00. The monoisotopic (exact) mass is 231 g/mol. The van der Waals surface area contributed by atoms with Crippen LogP contribution in [0.25, 0.3) is 0 Å². The predicted molar refractivity (Wildman–Crippen MR) is 55.6 cm³/mol. The highest BCUT2D eigenvalue weighted by atomic mass is 16.6. The lowest BCUT2D eigenvalue weighted by Gasteiger charge is -2.23. The van der Waals surface area contributed by atoms with Crippen LogP contribution in [0.15, 0.2) is 0 Å². The van der Waals surface area contributed by atoms with Gasteiger partial charge in [-0.1, -0.05) is 0 Å². The van der Waals surface area contributed by atoms with Crippen molar-refractivity contribution in [2.45, 2.75) is 6.10 Å². The van der Waals surface area contributed by atoms with Crippen LogP contribution < -0.4 is 16.4 Å². The van der Waals surface area contributed by atoms with Gasteiger partial charge in [-0.3, -0.25) is 9.59 Å². The van der Waals surface area contributed by atoms with Gasteiger partial charge in [0.1, 0.15) is 0 Å². The quantitative estimate of drug-likeness (QED) is 0.489. The molecule has 0 aliphatic carbocycles. The largest absolute Gasteiger partial charge is 0.376 e. The molecule has 0 aromatic carbocycles. The van der Waals surface area contributed by atoms with Gasteiger partial charge in [-0.15, -0.1) is 0 Å². The molecule has 1 saturated heterocycles. The van der Waals surface area contributed by atoms with Crippen molar-refractivity contribution < 1.29 is 19.1 Å². The van der Waals surface area contributed by atoms with E-state index in [-0.39, 0.29) is 31.0 Å². The molecule has 1 fully saturated rings. The van der Waals surface area contributed by atoms with E-state index in [2.05, 4.69) is 10.6 Å². The van der Waals surface area contributed by atoms with Gasteiger partial charge in [0.05, 0.1) is 39.0 Å². The normalized spacial score (nSPS) is 20.2. The molecule has 0 aromatic heterocycles. The van der Waals surface area contributed by atoms with Crippen molar-refractivity contribution in [2.24, 2.45) is 5.73 Å². The van der Waals surface area contributed by atoms with Crippen LogP contribution in [0.2, 0.25) is 0 Å². The smallest absolute Gasteiger partial charge is 0.239 e. The Morgan fingerprint density at radius 3 is 2.69 bits per heavy atom. The Morgan fingerprint density at radius 2 is 2.06 bits per heavy atom. The predicted octanol–water partition coefficient (Wildman–Crippen LogP) is -2.41. The molecular formula is C9H17N3O4. The maximum atomic E-state index is 11.2. The van der Waals surface area contributed by atoms with Gasteiger partial charge in [0, 0.05) is 6.54 Å². The maximum Gasteiger partial charge on any atom is 0.239 e. The van der Waals surface area contributed by atoms with E-state index in [0.29, 0.717) is 26.4 Å². The molecule has 1 aliphatic rings. The first-order chi connectivity index (χ1) is 7.72. The van der Waals surface area contributed by atoms with E-state index in [1.807, 2.05) is 0 Å². The topological polar surface area (TPSA) is 103 Å². The zero-order valence-corrected chi connectivity index (χ0v) is 9.03. The Kier molecular flexibility index (Phi) is 5.76. The van der Waals surface area contributed by atoms with Gasteiger partial charge in [-0.2, -0.15) is 0 Å². The van der Waals surface area contributed by atoms with E-state index < -0.39 is 0 Å². The molecule has 1 atom stereocenters. The maximum absolute atomic E-state index is 11.2. The fourth-order valence-corrected chi connectivity index (χ4v) is 1.20. The number of rotatable bonds is 5. The molecule has 4 N–H and O–H groups in total. The van der Waals surface area contributed by atoms with Gasteiger partial charge in [0.2, 0.25) is 11.8 Å². The second-order valence-corrected chi connectivity index (χ2v) is 3.35. The summed E-state index contributed by atoms with van der Waals surface area (Å²) >= 11 is 0. The van der Waals surface area contributed by atoms with E-state index in [0.717, 1.165) is 0 Å².